The Kier molecular flexibility index (Phi) is 7.25. The number of carbonyl (C=O) groups is 2. The van der Waals surface area contributed by atoms with Gasteiger partial charge in [-0.05, 0) is 40.5 Å². The number of rotatable bonds is 4. The lowest BCUT2D eigenvalue weighted by Gasteiger charge is -2.38. The van der Waals surface area contributed by atoms with Gasteiger partial charge in [-0.3, -0.25) is 19.4 Å². The molecule has 2 amide bonds. The van der Waals surface area contributed by atoms with E-state index >= 15 is 0 Å². The third-order valence-corrected chi connectivity index (χ3v) is 5.15. The quantitative estimate of drug-likeness (QED) is 0.829. The van der Waals surface area contributed by atoms with Crippen LogP contribution in [0.4, 0.5) is 0 Å². The predicted molar refractivity (Wildman–Crippen MR) is 100 cm³/mol. The summed E-state index contributed by atoms with van der Waals surface area (Å²) in [6.45, 7) is 13.7. The smallest absolute Gasteiger partial charge is 0.237 e. The molecule has 6 heteroatoms. The zero-order chi connectivity index (χ0) is 18.4. The average molecular weight is 353 g/mol. The van der Waals surface area contributed by atoms with Crippen molar-refractivity contribution in [3.8, 4) is 0 Å². The van der Waals surface area contributed by atoms with Gasteiger partial charge >= 0.3 is 0 Å². The van der Waals surface area contributed by atoms with Gasteiger partial charge in [0, 0.05) is 44.8 Å². The predicted octanol–water partition coefficient (Wildman–Crippen LogP) is 1.31. The Balaban J connectivity index is 1.75. The van der Waals surface area contributed by atoms with E-state index < -0.39 is 0 Å². The number of nitrogens with zero attached hydrogens (tertiary/aromatic N) is 3. The maximum absolute atomic E-state index is 12.5. The molecule has 0 saturated carbocycles. The maximum Gasteiger partial charge on any atom is 0.237 e. The van der Waals surface area contributed by atoms with Crippen molar-refractivity contribution in [3.05, 3.63) is 0 Å². The van der Waals surface area contributed by atoms with Crippen LogP contribution in [0, 0.1) is 0 Å². The van der Waals surface area contributed by atoms with Crippen LogP contribution >= 0.6 is 0 Å². The number of nitrogens with one attached hydrogen (secondary N) is 1. The SMILES string of the molecule is CC(C(=O)NC(C)(C)C)N1CCN(CC(=O)N2CCCCCC2)CC1. The van der Waals surface area contributed by atoms with Crippen LogP contribution in [0.5, 0.6) is 0 Å². The lowest BCUT2D eigenvalue weighted by atomic mass is 10.1. The van der Waals surface area contributed by atoms with Gasteiger partial charge in [0.2, 0.25) is 11.8 Å². The van der Waals surface area contributed by atoms with Crippen LogP contribution in [-0.4, -0.2) is 83.9 Å². The minimum Gasteiger partial charge on any atom is -0.350 e. The van der Waals surface area contributed by atoms with Crippen LogP contribution in [0.1, 0.15) is 53.4 Å². The molecular weight excluding hydrogens is 316 g/mol. The van der Waals surface area contributed by atoms with Crippen LogP contribution in [0.2, 0.25) is 0 Å². The van der Waals surface area contributed by atoms with Crippen LogP contribution in [-0.2, 0) is 9.59 Å². The summed E-state index contributed by atoms with van der Waals surface area (Å²) >= 11 is 0. The Bertz CT molecular complexity index is 445. The summed E-state index contributed by atoms with van der Waals surface area (Å²) < 4.78 is 0. The zero-order valence-electron chi connectivity index (χ0n) is 16.5. The Morgan fingerprint density at radius 1 is 0.920 bits per heavy atom. The highest BCUT2D eigenvalue weighted by Gasteiger charge is 2.28. The number of piperazine rings is 1. The molecule has 1 N–H and O–H groups in total. The van der Waals surface area contributed by atoms with Crippen LogP contribution in [0.15, 0.2) is 0 Å². The molecule has 2 heterocycles. The summed E-state index contributed by atoms with van der Waals surface area (Å²) in [5, 5.41) is 3.05. The second-order valence-electron chi connectivity index (χ2n) is 8.52. The largest absolute Gasteiger partial charge is 0.350 e. The van der Waals surface area contributed by atoms with Gasteiger partial charge in [0.25, 0.3) is 0 Å². The average Bonchev–Trinajstić information content (AvgIpc) is 2.82. The van der Waals surface area contributed by atoms with E-state index in [4.69, 9.17) is 0 Å². The topological polar surface area (TPSA) is 55.9 Å². The fourth-order valence-electron chi connectivity index (χ4n) is 3.56. The lowest BCUT2D eigenvalue weighted by molar-refractivity contribution is -0.134. The van der Waals surface area contributed by atoms with E-state index in [9.17, 15) is 9.59 Å². The molecule has 0 aromatic rings. The molecule has 2 rings (SSSR count). The molecule has 2 fully saturated rings. The van der Waals surface area contributed by atoms with Gasteiger partial charge in [0.1, 0.15) is 0 Å². The van der Waals surface area contributed by atoms with Crippen molar-refractivity contribution < 1.29 is 9.59 Å². The maximum atomic E-state index is 12.5. The van der Waals surface area contributed by atoms with E-state index in [1.165, 1.54) is 12.8 Å². The Labute approximate surface area is 152 Å². The fraction of sp³-hybridized carbons (Fsp3) is 0.895. The summed E-state index contributed by atoms with van der Waals surface area (Å²) in [4.78, 5) is 31.3. The Morgan fingerprint density at radius 2 is 1.48 bits per heavy atom. The van der Waals surface area contributed by atoms with E-state index in [0.717, 1.165) is 52.1 Å². The minimum atomic E-state index is -0.202. The van der Waals surface area contributed by atoms with E-state index in [0.29, 0.717) is 6.54 Å². The molecule has 25 heavy (non-hydrogen) atoms. The first-order valence-electron chi connectivity index (χ1n) is 9.82. The number of amides is 2. The van der Waals surface area contributed by atoms with Gasteiger partial charge in [-0.15, -0.1) is 0 Å². The van der Waals surface area contributed by atoms with Crippen molar-refractivity contribution >= 4 is 11.8 Å². The lowest BCUT2D eigenvalue weighted by Crippen LogP contribution is -2.57. The Morgan fingerprint density at radius 3 is 2.00 bits per heavy atom. The molecule has 0 radical (unpaired) electrons. The van der Waals surface area contributed by atoms with Crippen molar-refractivity contribution in [2.45, 2.75) is 65.0 Å². The van der Waals surface area contributed by atoms with Crippen molar-refractivity contribution in [1.29, 1.82) is 0 Å². The molecule has 2 aliphatic rings. The first-order chi connectivity index (χ1) is 11.8. The minimum absolute atomic E-state index is 0.0848. The number of carbonyl (C=O) groups excluding carboxylic acids is 2. The van der Waals surface area contributed by atoms with E-state index in [1.807, 2.05) is 32.6 Å². The Hall–Kier alpha value is -1.14. The highest BCUT2D eigenvalue weighted by atomic mass is 16.2. The number of hydrogen-bond acceptors (Lipinski definition) is 4. The molecular formula is C19H36N4O2. The fourth-order valence-corrected chi connectivity index (χ4v) is 3.56. The van der Waals surface area contributed by atoms with Crippen molar-refractivity contribution in [2.24, 2.45) is 0 Å². The van der Waals surface area contributed by atoms with Gasteiger partial charge in [-0.25, -0.2) is 0 Å². The van der Waals surface area contributed by atoms with Gasteiger partial charge in [0.05, 0.1) is 12.6 Å². The van der Waals surface area contributed by atoms with Gasteiger partial charge in [-0.2, -0.15) is 0 Å². The van der Waals surface area contributed by atoms with Crippen molar-refractivity contribution in [3.63, 3.8) is 0 Å². The summed E-state index contributed by atoms with van der Waals surface area (Å²) in [5.41, 5.74) is -0.202. The molecule has 2 saturated heterocycles. The van der Waals surface area contributed by atoms with Gasteiger partial charge in [-0.1, -0.05) is 12.8 Å². The molecule has 0 aromatic carbocycles. The van der Waals surface area contributed by atoms with E-state index in [2.05, 4.69) is 15.1 Å². The van der Waals surface area contributed by atoms with Crippen LogP contribution < -0.4 is 5.32 Å². The molecule has 0 aromatic heterocycles. The van der Waals surface area contributed by atoms with Gasteiger partial charge in [0.15, 0.2) is 0 Å². The third-order valence-electron chi connectivity index (χ3n) is 5.15. The zero-order valence-corrected chi connectivity index (χ0v) is 16.5. The first-order valence-corrected chi connectivity index (χ1v) is 9.82. The second kappa shape index (κ2) is 8.99. The van der Waals surface area contributed by atoms with Crippen molar-refractivity contribution in [2.75, 3.05) is 45.8 Å². The summed E-state index contributed by atoms with van der Waals surface area (Å²) in [6.07, 6.45) is 4.77. The molecule has 0 spiro atoms. The molecule has 1 atom stereocenters. The molecule has 144 valence electrons. The normalized spacial score (nSPS) is 22.3. The highest BCUT2D eigenvalue weighted by molar-refractivity contribution is 5.82. The van der Waals surface area contributed by atoms with E-state index in [1.54, 1.807) is 0 Å². The highest BCUT2D eigenvalue weighted by Crippen LogP contribution is 2.12. The van der Waals surface area contributed by atoms with Crippen LogP contribution in [0.3, 0.4) is 0 Å². The van der Waals surface area contributed by atoms with Crippen molar-refractivity contribution in [1.82, 2.24) is 20.0 Å². The summed E-state index contributed by atoms with van der Waals surface area (Å²) in [5.74, 6) is 0.357. The first kappa shape index (κ1) is 20.2. The molecule has 1 unspecified atom stereocenters. The molecule has 0 bridgehead atoms. The monoisotopic (exact) mass is 352 g/mol. The summed E-state index contributed by atoms with van der Waals surface area (Å²) in [6, 6.07) is -0.123. The van der Waals surface area contributed by atoms with Crippen LogP contribution in [0.25, 0.3) is 0 Å². The number of hydrogen-bond donors (Lipinski definition) is 1. The standard InChI is InChI=1S/C19H36N4O2/c1-16(18(25)20-19(2,3)4)22-13-11-21(12-14-22)15-17(24)23-9-7-5-6-8-10-23/h16H,5-15H2,1-4H3,(H,20,25). The molecule has 2 aliphatic heterocycles. The number of likely N-dealkylation sites (tertiary alicyclic amines) is 1. The van der Waals surface area contributed by atoms with E-state index in [-0.39, 0.29) is 23.4 Å². The second-order valence-corrected chi connectivity index (χ2v) is 8.52. The van der Waals surface area contributed by atoms with Gasteiger partial charge < -0.3 is 10.2 Å². The third kappa shape index (κ3) is 6.59. The molecule has 0 aliphatic carbocycles. The molecule has 6 nitrogen and oxygen atoms in total. The summed E-state index contributed by atoms with van der Waals surface area (Å²) in [7, 11) is 0.